The number of rotatable bonds is 2. The summed E-state index contributed by atoms with van der Waals surface area (Å²) in [5, 5.41) is 0. The second kappa shape index (κ2) is 4.49. The van der Waals surface area contributed by atoms with Gasteiger partial charge in [-0.05, 0) is 37.1 Å². The molecular weight excluding hydrogens is 219 g/mol. The van der Waals surface area contributed by atoms with Crippen molar-refractivity contribution in [2.45, 2.75) is 20.3 Å². The van der Waals surface area contributed by atoms with E-state index < -0.39 is 0 Å². The predicted octanol–water partition coefficient (Wildman–Crippen LogP) is 2.45. The number of aromatic amines is 1. The molecule has 0 unspecified atom stereocenters. The van der Waals surface area contributed by atoms with E-state index in [0.717, 1.165) is 5.56 Å². The first-order valence-corrected chi connectivity index (χ1v) is 5.46. The minimum Gasteiger partial charge on any atom is -0.313 e. The van der Waals surface area contributed by atoms with Gasteiger partial charge in [-0.25, -0.2) is 9.37 Å². The lowest BCUT2D eigenvalue weighted by Gasteiger charge is -2.06. The third-order valence-electron chi connectivity index (χ3n) is 2.62. The quantitative estimate of drug-likeness (QED) is 0.864. The molecule has 2 rings (SSSR count). The Morgan fingerprint density at radius 1 is 1.35 bits per heavy atom. The Bertz CT molecular complexity index is 584. The van der Waals surface area contributed by atoms with Crippen LogP contribution < -0.4 is 5.56 Å². The molecule has 2 aromatic rings. The van der Waals surface area contributed by atoms with Crippen LogP contribution in [0.3, 0.4) is 0 Å². The summed E-state index contributed by atoms with van der Waals surface area (Å²) < 4.78 is 13.3. The number of aryl methyl sites for hydroxylation is 1. The monoisotopic (exact) mass is 232 g/mol. The molecule has 0 amide bonds. The molecule has 0 aliphatic carbocycles. The molecule has 1 aromatic carbocycles. The molecule has 0 aliphatic rings. The maximum Gasteiger partial charge on any atom is 0.254 e. The zero-order valence-corrected chi connectivity index (χ0v) is 9.75. The minimum absolute atomic E-state index is 0.167. The van der Waals surface area contributed by atoms with Crippen LogP contribution in [0.25, 0.3) is 11.3 Å². The fraction of sp³-hybridized carbons (Fsp3) is 0.231. The lowest BCUT2D eigenvalue weighted by atomic mass is 10.0. The molecule has 1 heterocycles. The van der Waals surface area contributed by atoms with Crippen LogP contribution >= 0.6 is 0 Å². The highest BCUT2D eigenvalue weighted by molar-refractivity contribution is 5.63. The fourth-order valence-corrected chi connectivity index (χ4v) is 1.88. The Balaban J connectivity index is 2.68. The molecular formula is C13H13FN2O. The van der Waals surface area contributed by atoms with E-state index in [-0.39, 0.29) is 11.4 Å². The van der Waals surface area contributed by atoms with Gasteiger partial charge in [0.05, 0.1) is 12.0 Å². The summed E-state index contributed by atoms with van der Waals surface area (Å²) in [5.41, 5.74) is 2.42. The number of hydrogen-bond donors (Lipinski definition) is 1. The summed E-state index contributed by atoms with van der Waals surface area (Å²) in [6, 6.07) is 4.67. The zero-order valence-electron chi connectivity index (χ0n) is 9.75. The Morgan fingerprint density at radius 2 is 2.12 bits per heavy atom. The van der Waals surface area contributed by atoms with Crippen molar-refractivity contribution in [2.24, 2.45) is 0 Å². The summed E-state index contributed by atoms with van der Waals surface area (Å²) in [7, 11) is 0. The number of benzene rings is 1. The second-order valence-corrected chi connectivity index (χ2v) is 3.93. The zero-order chi connectivity index (χ0) is 12.4. The number of aromatic nitrogens is 2. The van der Waals surface area contributed by atoms with Crippen molar-refractivity contribution in [3.8, 4) is 11.3 Å². The third-order valence-corrected chi connectivity index (χ3v) is 2.62. The normalized spacial score (nSPS) is 10.5. The maximum absolute atomic E-state index is 13.3. The summed E-state index contributed by atoms with van der Waals surface area (Å²) in [4.78, 5) is 18.3. The van der Waals surface area contributed by atoms with Crippen LogP contribution in [0.15, 0.2) is 29.3 Å². The van der Waals surface area contributed by atoms with Crippen molar-refractivity contribution in [1.29, 1.82) is 0 Å². The van der Waals surface area contributed by atoms with Crippen molar-refractivity contribution in [3.63, 3.8) is 0 Å². The van der Waals surface area contributed by atoms with Gasteiger partial charge >= 0.3 is 0 Å². The lowest BCUT2D eigenvalue weighted by molar-refractivity contribution is 0.627. The Hall–Kier alpha value is -1.97. The van der Waals surface area contributed by atoms with Crippen molar-refractivity contribution >= 4 is 0 Å². The van der Waals surface area contributed by atoms with Crippen LogP contribution in [0.4, 0.5) is 4.39 Å². The maximum atomic E-state index is 13.3. The highest BCUT2D eigenvalue weighted by Crippen LogP contribution is 2.21. The van der Waals surface area contributed by atoms with E-state index in [9.17, 15) is 9.18 Å². The van der Waals surface area contributed by atoms with Gasteiger partial charge in [0.25, 0.3) is 5.56 Å². The molecule has 0 fully saturated rings. The molecule has 0 saturated carbocycles. The van der Waals surface area contributed by atoms with E-state index in [4.69, 9.17) is 0 Å². The first kappa shape index (κ1) is 11.5. The van der Waals surface area contributed by atoms with Gasteiger partial charge in [0.2, 0.25) is 0 Å². The van der Waals surface area contributed by atoms with Gasteiger partial charge in [0.15, 0.2) is 0 Å². The third kappa shape index (κ3) is 2.25. The molecule has 17 heavy (non-hydrogen) atoms. The highest BCUT2D eigenvalue weighted by atomic mass is 19.1. The number of nitrogens with zero attached hydrogens (tertiary/aromatic N) is 1. The standard InChI is InChI=1S/C13H13FN2O/c1-3-11-12(15-7-16-13(11)17)9-4-8(2)5-10(14)6-9/h4-7H,3H2,1-2H3,(H,15,16,17). The molecule has 0 saturated heterocycles. The number of halogens is 1. The number of nitrogens with one attached hydrogen (secondary N) is 1. The van der Waals surface area contributed by atoms with Gasteiger partial charge in [-0.15, -0.1) is 0 Å². The molecule has 3 nitrogen and oxygen atoms in total. The summed E-state index contributed by atoms with van der Waals surface area (Å²) in [6.07, 6.45) is 1.91. The summed E-state index contributed by atoms with van der Waals surface area (Å²) in [6.45, 7) is 3.69. The number of hydrogen-bond acceptors (Lipinski definition) is 2. The van der Waals surface area contributed by atoms with Crippen molar-refractivity contribution in [3.05, 3.63) is 51.8 Å². The van der Waals surface area contributed by atoms with E-state index in [1.165, 1.54) is 18.5 Å². The molecule has 0 aliphatic heterocycles. The van der Waals surface area contributed by atoms with Gasteiger partial charge < -0.3 is 4.98 Å². The van der Waals surface area contributed by atoms with E-state index in [1.54, 1.807) is 0 Å². The average Bonchev–Trinajstić information content (AvgIpc) is 2.27. The minimum atomic E-state index is -0.316. The molecule has 1 aromatic heterocycles. The Labute approximate surface area is 98.3 Å². The van der Waals surface area contributed by atoms with Gasteiger partial charge in [-0.2, -0.15) is 0 Å². The molecule has 4 heteroatoms. The van der Waals surface area contributed by atoms with Gasteiger partial charge in [-0.3, -0.25) is 4.79 Å². The topological polar surface area (TPSA) is 45.8 Å². The van der Waals surface area contributed by atoms with Gasteiger partial charge in [0, 0.05) is 11.1 Å². The largest absolute Gasteiger partial charge is 0.313 e. The molecule has 0 bridgehead atoms. The van der Waals surface area contributed by atoms with Gasteiger partial charge in [0.1, 0.15) is 5.82 Å². The van der Waals surface area contributed by atoms with E-state index in [1.807, 2.05) is 19.9 Å². The van der Waals surface area contributed by atoms with E-state index in [0.29, 0.717) is 23.2 Å². The van der Waals surface area contributed by atoms with Crippen LogP contribution in [-0.2, 0) is 6.42 Å². The summed E-state index contributed by atoms with van der Waals surface area (Å²) >= 11 is 0. The summed E-state index contributed by atoms with van der Waals surface area (Å²) in [5.74, 6) is -0.316. The Morgan fingerprint density at radius 3 is 2.76 bits per heavy atom. The van der Waals surface area contributed by atoms with Crippen LogP contribution in [0.1, 0.15) is 18.1 Å². The highest BCUT2D eigenvalue weighted by Gasteiger charge is 2.10. The first-order valence-electron chi connectivity index (χ1n) is 5.46. The Kier molecular flexibility index (Phi) is 3.04. The van der Waals surface area contributed by atoms with E-state index >= 15 is 0 Å². The van der Waals surface area contributed by atoms with Crippen molar-refractivity contribution in [1.82, 2.24) is 9.97 Å². The molecule has 0 radical (unpaired) electrons. The van der Waals surface area contributed by atoms with Crippen molar-refractivity contribution in [2.75, 3.05) is 0 Å². The SMILES string of the molecule is CCc1c(-c2cc(C)cc(F)c2)nc[nH]c1=O. The smallest absolute Gasteiger partial charge is 0.254 e. The molecule has 1 N–H and O–H groups in total. The first-order chi connectivity index (χ1) is 8.11. The van der Waals surface area contributed by atoms with Crippen LogP contribution in [0.5, 0.6) is 0 Å². The predicted molar refractivity (Wildman–Crippen MR) is 64.4 cm³/mol. The fourth-order valence-electron chi connectivity index (χ4n) is 1.88. The second-order valence-electron chi connectivity index (χ2n) is 3.93. The van der Waals surface area contributed by atoms with Crippen LogP contribution in [0.2, 0.25) is 0 Å². The van der Waals surface area contributed by atoms with Gasteiger partial charge in [-0.1, -0.05) is 6.92 Å². The number of H-pyrrole nitrogens is 1. The molecule has 0 spiro atoms. The van der Waals surface area contributed by atoms with Crippen LogP contribution in [-0.4, -0.2) is 9.97 Å². The van der Waals surface area contributed by atoms with Crippen molar-refractivity contribution < 1.29 is 4.39 Å². The average molecular weight is 232 g/mol. The van der Waals surface area contributed by atoms with E-state index in [2.05, 4.69) is 9.97 Å². The van der Waals surface area contributed by atoms with Crippen LogP contribution in [0, 0.1) is 12.7 Å². The molecule has 0 atom stereocenters. The lowest BCUT2D eigenvalue weighted by Crippen LogP contribution is -2.14. The molecule has 88 valence electrons.